The Morgan fingerprint density at radius 1 is 0.507 bits per heavy atom. The van der Waals surface area contributed by atoms with Crippen molar-refractivity contribution in [2.75, 3.05) is 18.8 Å². The number of rotatable bonds is 34. The number of aliphatic hydroxyl groups is 3. The van der Waals surface area contributed by atoms with E-state index in [4.69, 9.17) is 17.2 Å². The first-order valence-corrected chi connectivity index (χ1v) is 25.1. The van der Waals surface area contributed by atoms with Crippen molar-refractivity contribution in [3.05, 3.63) is 29.8 Å². The van der Waals surface area contributed by atoms with Crippen molar-refractivity contribution < 1.29 is 68.7 Å². The van der Waals surface area contributed by atoms with Crippen LogP contribution in [0.5, 0.6) is 5.75 Å². The molecule has 26 heteroatoms. The second-order valence-corrected chi connectivity index (χ2v) is 19.2. The number of unbranched alkanes of at least 4 members (excludes halogenated alkanes) is 2. The highest BCUT2D eigenvalue weighted by Crippen LogP contribution is 2.14. The number of hydrogen-bond donors (Lipinski definition) is 17. The number of aliphatic carboxylic acids is 1. The third kappa shape index (κ3) is 23.4. The topological polar surface area (TPSA) is 429 Å². The van der Waals surface area contributed by atoms with Gasteiger partial charge in [0.15, 0.2) is 0 Å². The highest BCUT2D eigenvalue weighted by Gasteiger charge is 2.38. The van der Waals surface area contributed by atoms with Crippen LogP contribution in [0.15, 0.2) is 24.3 Å². The highest BCUT2D eigenvalue weighted by molar-refractivity contribution is 7.80. The van der Waals surface area contributed by atoms with E-state index >= 15 is 0 Å². The maximum atomic E-state index is 13.8. The molecule has 0 spiro atoms. The molecule has 0 aliphatic rings. The first-order chi connectivity index (χ1) is 34.2. The average molecular weight is 1060 g/mol. The molecular formula is C47H81N11O14S. The summed E-state index contributed by atoms with van der Waals surface area (Å²) in [7, 11) is 0. The molecule has 73 heavy (non-hydrogen) atoms. The summed E-state index contributed by atoms with van der Waals surface area (Å²) in [5, 5.41) is 70.7. The predicted molar refractivity (Wildman–Crippen MR) is 272 cm³/mol. The second-order valence-electron chi connectivity index (χ2n) is 18.9. The van der Waals surface area contributed by atoms with Gasteiger partial charge in [0.2, 0.25) is 47.3 Å². The number of thiol groups is 1. The lowest BCUT2D eigenvalue weighted by molar-refractivity contribution is -0.142. The van der Waals surface area contributed by atoms with Crippen molar-refractivity contribution >= 4 is 65.9 Å². The van der Waals surface area contributed by atoms with Crippen molar-refractivity contribution in [2.45, 2.75) is 173 Å². The smallest absolute Gasteiger partial charge is 0.326 e. The van der Waals surface area contributed by atoms with E-state index in [1.807, 2.05) is 0 Å². The summed E-state index contributed by atoms with van der Waals surface area (Å²) in [5.41, 5.74) is 17.6. The van der Waals surface area contributed by atoms with E-state index in [1.165, 1.54) is 38.1 Å². The quantitative estimate of drug-likeness (QED) is 0.0233. The first-order valence-electron chi connectivity index (χ1n) is 24.4. The monoisotopic (exact) mass is 1060 g/mol. The first kappa shape index (κ1) is 65.4. The largest absolute Gasteiger partial charge is 0.508 e. The lowest BCUT2D eigenvalue weighted by Crippen LogP contribution is -2.63. The Kier molecular flexibility index (Phi) is 29.8. The SMILES string of the molecule is CC(C)C[C@H](NC(=O)[C@@H](NC(=O)[C@@H](NC(=O)[C@H](CS)NC(=O)[C@@H](NC(=O)[C@H](CCCCN)NC(=O)[C@@H](NC(=O)[C@@H](N)CCCCN)[C@@H](C)O)[C@@H](C)O)[C@@H](C)O)C(C)C)C(=O)N[C@@H](Cc1ccc(O)cc1)C(=O)O. The Morgan fingerprint density at radius 2 is 0.890 bits per heavy atom. The van der Waals surface area contributed by atoms with Crippen LogP contribution in [-0.2, 0) is 49.6 Å². The normalized spacial score (nSPS) is 16.3. The van der Waals surface area contributed by atoms with Crippen LogP contribution in [0.2, 0.25) is 0 Å². The zero-order valence-corrected chi connectivity index (χ0v) is 43.7. The molecule has 0 saturated carbocycles. The fourth-order valence-electron chi connectivity index (χ4n) is 7.18. The Labute approximate surface area is 431 Å². The van der Waals surface area contributed by atoms with Gasteiger partial charge in [-0.3, -0.25) is 38.4 Å². The van der Waals surface area contributed by atoms with Crippen LogP contribution in [0.25, 0.3) is 0 Å². The third-order valence-corrected chi connectivity index (χ3v) is 11.8. The van der Waals surface area contributed by atoms with E-state index in [1.54, 1.807) is 27.7 Å². The molecule has 0 aliphatic heterocycles. The van der Waals surface area contributed by atoms with Crippen LogP contribution in [-0.4, -0.2) is 170 Å². The van der Waals surface area contributed by atoms with Crippen LogP contribution < -0.4 is 59.7 Å². The van der Waals surface area contributed by atoms with Crippen LogP contribution in [0, 0.1) is 11.8 Å². The summed E-state index contributed by atoms with van der Waals surface area (Å²) in [5.74, 6) is -10.2. The third-order valence-electron chi connectivity index (χ3n) is 11.5. The number of nitrogens with one attached hydrogen (secondary N) is 8. The van der Waals surface area contributed by atoms with E-state index in [-0.39, 0.29) is 43.9 Å². The Bertz CT molecular complexity index is 1960. The molecule has 1 aromatic carbocycles. The lowest BCUT2D eigenvalue weighted by atomic mass is 9.98. The summed E-state index contributed by atoms with van der Waals surface area (Å²) in [6, 6.07) is -7.35. The average Bonchev–Trinajstić information content (AvgIpc) is 3.31. The van der Waals surface area contributed by atoms with Gasteiger partial charge in [0, 0.05) is 12.2 Å². The van der Waals surface area contributed by atoms with Crippen LogP contribution in [0.1, 0.15) is 99.0 Å². The van der Waals surface area contributed by atoms with Crippen molar-refractivity contribution in [3.63, 3.8) is 0 Å². The molecule has 25 nitrogen and oxygen atoms in total. The highest BCUT2D eigenvalue weighted by atomic mass is 32.1. The van der Waals surface area contributed by atoms with E-state index < -0.39 is 138 Å². The van der Waals surface area contributed by atoms with Gasteiger partial charge in [-0.2, -0.15) is 12.6 Å². The molecule has 0 radical (unpaired) electrons. The van der Waals surface area contributed by atoms with Gasteiger partial charge < -0.3 is 85.3 Å². The van der Waals surface area contributed by atoms with Crippen molar-refractivity contribution in [1.82, 2.24) is 42.5 Å². The number of carbonyl (C=O) groups is 9. The van der Waals surface area contributed by atoms with Crippen LogP contribution in [0.4, 0.5) is 0 Å². The minimum atomic E-state index is -1.76. The number of carboxylic acids is 1. The summed E-state index contributed by atoms with van der Waals surface area (Å²) in [6.45, 7) is 10.9. The van der Waals surface area contributed by atoms with Gasteiger partial charge in [0.05, 0.1) is 24.4 Å². The molecule has 0 bridgehead atoms. The number of amides is 8. The second kappa shape index (κ2) is 33.2. The van der Waals surface area contributed by atoms with Crippen molar-refractivity contribution in [3.8, 4) is 5.75 Å². The molecule has 1 aromatic rings. The summed E-state index contributed by atoms with van der Waals surface area (Å²) in [4.78, 5) is 121. The Balaban J connectivity index is 3.23. The number of aromatic hydroxyl groups is 1. The maximum Gasteiger partial charge on any atom is 0.326 e. The van der Waals surface area contributed by atoms with Crippen LogP contribution in [0.3, 0.4) is 0 Å². The van der Waals surface area contributed by atoms with Gasteiger partial charge in [0.25, 0.3) is 0 Å². The zero-order chi connectivity index (χ0) is 55.7. The van der Waals surface area contributed by atoms with Crippen molar-refractivity contribution in [1.29, 1.82) is 0 Å². The van der Waals surface area contributed by atoms with Gasteiger partial charge >= 0.3 is 5.97 Å². The minimum Gasteiger partial charge on any atom is -0.508 e. The number of carbonyl (C=O) groups excluding carboxylic acids is 8. The Morgan fingerprint density at radius 3 is 1.33 bits per heavy atom. The molecule has 8 amide bonds. The molecule has 1 rings (SSSR count). The number of benzene rings is 1. The standard InChI is InChI=1S/C47H81N11O14S/c1-23(2)20-32(41(65)53-33(47(71)72)21-28-14-16-29(62)17-15-28)52-43(67)35(24(3)4)55-46(70)38(27(7)61)58-42(66)34(22-73)54-45(69)37(26(6)60)57-40(64)31(13-9-11-19-49)51-44(68)36(25(5)59)56-39(63)30(50)12-8-10-18-48/h14-17,23-27,30-38,59-62,73H,8-13,18-22,48-50H2,1-7H3,(H,51,68)(H,52,67)(H,53,65)(H,54,69)(H,55,70)(H,56,63)(H,57,64)(H,58,66)(H,71,72)/t25-,26-,27-,30+,31+,32+,33+,34+,35+,36+,37+,38+/m1/s1. The number of hydrogen-bond acceptors (Lipinski definition) is 17. The number of carboxylic acid groups (broad SMARTS) is 1. The number of nitrogens with two attached hydrogens (primary N) is 3. The molecule has 12 atom stereocenters. The number of phenolic OH excluding ortho intramolecular Hbond substituents is 1. The molecule has 0 heterocycles. The van der Waals surface area contributed by atoms with Gasteiger partial charge in [0.1, 0.15) is 54.1 Å². The fraction of sp³-hybridized carbons (Fsp3) is 0.681. The van der Waals surface area contributed by atoms with Gasteiger partial charge in [-0.05, 0) is 102 Å². The number of aliphatic hydroxyl groups excluding tert-OH is 3. The van der Waals surface area contributed by atoms with Gasteiger partial charge in [-0.25, -0.2) is 4.79 Å². The lowest BCUT2D eigenvalue weighted by Gasteiger charge is -2.30. The number of phenols is 1. The molecule has 0 aliphatic carbocycles. The van der Waals surface area contributed by atoms with E-state index in [2.05, 4.69) is 55.2 Å². The Hall–Kier alpha value is -5.64. The fourth-order valence-corrected chi connectivity index (χ4v) is 7.44. The molecular weight excluding hydrogens is 975 g/mol. The molecule has 0 fully saturated rings. The predicted octanol–water partition coefficient (Wildman–Crippen LogP) is -3.74. The molecule has 0 unspecified atom stereocenters. The molecule has 414 valence electrons. The summed E-state index contributed by atoms with van der Waals surface area (Å²) >= 11 is 4.16. The summed E-state index contributed by atoms with van der Waals surface area (Å²) in [6.07, 6.45) is -2.64. The summed E-state index contributed by atoms with van der Waals surface area (Å²) < 4.78 is 0. The maximum absolute atomic E-state index is 13.8. The van der Waals surface area contributed by atoms with E-state index in [9.17, 15) is 68.7 Å². The minimum absolute atomic E-state index is 0.0319. The van der Waals surface area contributed by atoms with Crippen molar-refractivity contribution in [2.24, 2.45) is 29.0 Å². The van der Waals surface area contributed by atoms with Crippen LogP contribution >= 0.6 is 12.6 Å². The van der Waals surface area contributed by atoms with Gasteiger partial charge in [-0.15, -0.1) is 0 Å². The van der Waals surface area contributed by atoms with E-state index in [0.29, 0.717) is 37.8 Å². The van der Waals surface area contributed by atoms with E-state index in [0.717, 1.165) is 6.92 Å². The molecule has 0 saturated heterocycles. The van der Waals surface area contributed by atoms with Gasteiger partial charge in [-0.1, -0.05) is 46.2 Å². The zero-order valence-electron chi connectivity index (χ0n) is 42.8. The molecule has 19 N–H and O–H groups in total. The molecule has 0 aromatic heterocycles.